The van der Waals surface area contributed by atoms with Gasteiger partial charge in [0.15, 0.2) is 0 Å². The van der Waals surface area contributed by atoms with E-state index >= 15 is 0 Å². The lowest BCUT2D eigenvalue weighted by molar-refractivity contribution is -0.145. The Morgan fingerprint density at radius 3 is 2.62 bits per heavy atom. The fraction of sp³-hybridized carbons (Fsp3) is 0.400. The number of nitrogens with one attached hydrogen (secondary N) is 1. The fourth-order valence-electron chi connectivity index (χ4n) is 5.77. The molecule has 2 aromatic carbocycles. The quantitative estimate of drug-likeness (QED) is 0.230. The number of carbonyl (C=O) groups excluding carboxylic acids is 1. The van der Waals surface area contributed by atoms with E-state index in [-0.39, 0.29) is 24.8 Å². The zero-order valence-electron chi connectivity index (χ0n) is 22.9. The SMILES string of the molecule is Cc1ncsc1-c1ccc(CN/C(=N/C#N)[C@@H]2C[C@@H](O)CN2C(=O)[C@H](C(C)C)N2Cc3ccccc3C2O)cc1. The maximum Gasteiger partial charge on any atom is 0.241 e. The van der Waals surface area contributed by atoms with E-state index in [2.05, 4.69) is 15.3 Å². The number of carbonyl (C=O) groups is 1. The minimum Gasteiger partial charge on any atom is -0.391 e. The van der Waals surface area contributed by atoms with Crippen molar-refractivity contribution in [1.82, 2.24) is 20.1 Å². The highest BCUT2D eigenvalue weighted by Crippen LogP contribution is 2.36. The number of nitrogens with zero attached hydrogens (tertiary/aromatic N) is 5. The van der Waals surface area contributed by atoms with Gasteiger partial charge in [0.2, 0.25) is 12.1 Å². The van der Waals surface area contributed by atoms with Crippen LogP contribution in [-0.4, -0.2) is 61.5 Å². The average Bonchev–Trinajstić information content (AvgIpc) is 3.64. The van der Waals surface area contributed by atoms with Gasteiger partial charge in [0.1, 0.15) is 12.1 Å². The van der Waals surface area contributed by atoms with Gasteiger partial charge in [-0.05, 0) is 35.1 Å². The molecule has 1 unspecified atom stereocenters. The van der Waals surface area contributed by atoms with Crippen molar-refractivity contribution in [3.63, 3.8) is 0 Å². The lowest BCUT2D eigenvalue weighted by atomic mass is 10.00. The minimum absolute atomic E-state index is 0.0973. The second-order valence-electron chi connectivity index (χ2n) is 10.7. The van der Waals surface area contributed by atoms with Gasteiger partial charge in [-0.2, -0.15) is 10.3 Å². The van der Waals surface area contributed by atoms with Gasteiger partial charge in [-0.25, -0.2) is 4.98 Å². The molecular formula is C30H34N6O3S. The summed E-state index contributed by atoms with van der Waals surface area (Å²) in [5.74, 6) is 0.0579. The molecule has 208 valence electrons. The van der Waals surface area contributed by atoms with Crippen molar-refractivity contribution in [2.75, 3.05) is 6.54 Å². The first kappa shape index (κ1) is 27.9. The molecule has 1 aromatic heterocycles. The van der Waals surface area contributed by atoms with Gasteiger partial charge in [-0.3, -0.25) is 9.69 Å². The van der Waals surface area contributed by atoms with E-state index in [1.165, 1.54) is 0 Å². The number of amides is 1. The predicted molar refractivity (Wildman–Crippen MR) is 154 cm³/mol. The second kappa shape index (κ2) is 11.9. The number of benzene rings is 2. The highest BCUT2D eigenvalue weighted by Gasteiger charge is 2.45. The van der Waals surface area contributed by atoms with Gasteiger partial charge in [0.05, 0.1) is 34.3 Å². The van der Waals surface area contributed by atoms with Crippen LogP contribution in [0.2, 0.25) is 0 Å². The van der Waals surface area contributed by atoms with Gasteiger partial charge in [0, 0.05) is 26.1 Å². The van der Waals surface area contributed by atoms with Crippen molar-refractivity contribution in [2.45, 2.75) is 64.7 Å². The Labute approximate surface area is 238 Å². The Bertz CT molecular complexity index is 1430. The number of thiazole rings is 1. The van der Waals surface area contributed by atoms with Gasteiger partial charge >= 0.3 is 0 Å². The van der Waals surface area contributed by atoms with Crippen LogP contribution in [0.25, 0.3) is 10.4 Å². The summed E-state index contributed by atoms with van der Waals surface area (Å²) < 4.78 is 0. The maximum atomic E-state index is 14.1. The number of nitriles is 1. The van der Waals surface area contributed by atoms with Gasteiger partial charge in [-0.1, -0.05) is 62.4 Å². The zero-order valence-corrected chi connectivity index (χ0v) is 23.7. The first-order valence-corrected chi connectivity index (χ1v) is 14.4. The highest BCUT2D eigenvalue weighted by molar-refractivity contribution is 7.13. The fourth-order valence-corrected chi connectivity index (χ4v) is 6.58. The second-order valence-corrected chi connectivity index (χ2v) is 11.6. The minimum atomic E-state index is -0.888. The molecule has 9 nitrogen and oxygen atoms in total. The van der Waals surface area contributed by atoms with Crippen LogP contribution in [0.5, 0.6) is 0 Å². The first-order valence-electron chi connectivity index (χ1n) is 13.5. The van der Waals surface area contributed by atoms with E-state index in [0.29, 0.717) is 18.9 Å². The van der Waals surface area contributed by atoms with Gasteiger partial charge in [-0.15, -0.1) is 11.3 Å². The van der Waals surface area contributed by atoms with Crippen LogP contribution < -0.4 is 5.32 Å². The van der Waals surface area contributed by atoms with Crippen LogP contribution in [0.4, 0.5) is 0 Å². The number of aliphatic hydroxyl groups excluding tert-OH is 2. The molecular weight excluding hydrogens is 524 g/mol. The highest BCUT2D eigenvalue weighted by atomic mass is 32.1. The summed E-state index contributed by atoms with van der Waals surface area (Å²) >= 11 is 1.60. The van der Waals surface area contributed by atoms with Crippen LogP contribution in [0, 0.1) is 24.3 Å². The molecule has 10 heteroatoms. The van der Waals surface area contributed by atoms with E-state index in [9.17, 15) is 20.3 Å². The number of β-amino-alcohol motifs (C(OH)–C–C–N with tert-alkyl or cyclic N) is 1. The molecule has 0 bridgehead atoms. The molecule has 0 spiro atoms. The van der Waals surface area contributed by atoms with Crippen molar-refractivity contribution >= 4 is 23.1 Å². The number of fused-ring (bicyclic) bond motifs is 1. The van der Waals surface area contributed by atoms with Gasteiger partial charge in [0.25, 0.3) is 0 Å². The number of likely N-dealkylation sites (tertiary alicyclic amines) is 1. The van der Waals surface area contributed by atoms with E-state index in [1.807, 2.05) is 85.9 Å². The lowest BCUT2D eigenvalue weighted by Gasteiger charge is -2.37. The Kier molecular flexibility index (Phi) is 8.28. The van der Waals surface area contributed by atoms with Crippen molar-refractivity contribution < 1.29 is 15.0 Å². The molecule has 40 heavy (non-hydrogen) atoms. The van der Waals surface area contributed by atoms with Crippen molar-refractivity contribution in [3.05, 3.63) is 76.4 Å². The summed E-state index contributed by atoms with van der Waals surface area (Å²) in [7, 11) is 0. The van der Waals surface area contributed by atoms with Crippen molar-refractivity contribution in [3.8, 4) is 16.6 Å². The van der Waals surface area contributed by atoms with E-state index in [1.54, 1.807) is 16.2 Å². The molecule has 3 aromatic rings. The number of aliphatic hydroxyl groups is 2. The molecule has 1 amide bonds. The summed E-state index contributed by atoms with van der Waals surface area (Å²) in [5, 5.41) is 34.4. The van der Waals surface area contributed by atoms with Crippen LogP contribution in [-0.2, 0) is 17.9 Å². The van der Waals surface area contributed by atoms with Crippen LogP contribution in [0.15, 0.2) is 59.0 Å². The lowest BCUT2D eigenvalue weighted by Crippen LogP contribution is -2.55. The summed E-state index contributed by atoms with van der Waals surface area (Å²) in [4.78, 5) is 27.0. The third-order valence-electron chi connectivity index (χ3n) is 7.73. The first-order chi connectivity index (χ1) is 19.3. The molecule has 0 saturated carbocycles. The molecule has 3 heterocycles. The number of amidine groups is 1. The number of aromatic nitrogens is 1. The molecule has 1 saturated heterocycles. The molecule has 2 aliphatic rings. The zero-order chi connectivity index (χ0) is 28.4. The number of hydrogen-bond donors (Lipinski definition) is 3. The van der Waals surface area contributed by atoms with E-state index in [4.69, 9.17) is 0 Å². The summed E-state index contributed by atoms with van der Waals surface area (Å²) in [6.45, 7) is 6.91. The average molecular weight is 559 g/mol. The van der Waals surface area contributed by atoms with Crippen LogP contribution >= 0.6 is 11.3 Å². The Morgan fingerprint density at radius 1 is 1.23 bits per heavy atom. The molecule has 0 radical (unpaired) electrons. The predicted octanol–water partition coefficient (Wildman–Crippen LogP) is 3.58. The monoisotopic (exact) mass is 558 g/mol. The van der Waals surface area contributed by atoms with Crippen LogP contribution in [0.1, 0.15) is 48.9 Å². The largest absolute Gasteiger partial charge is 0.391 e. The van der Waals surface area contributed by atoms with Crippen LogP contribution in [0.3, 0.4) is 0 Å². The number of aryl methyl sites for hydroxylation is 1. The van der Waals surface area contributed by atoms with E-state index in [0.717, 1.165) is 32.8 Å². The summed E-state index contributed by atoms with van der Waals surface area (Å²) in [6.07, 6.45) is 0.510. The van der Waals surface area contributed by atoms with Gasteiger partial charge < -0.3 is 20.4 Å². The standard InChI is InChI=1S/C30H34N6O3S/c1-18(2)26(36-14-22-6-4-5-7-24(22)29(36)38)30(39)35-15-23(37)12-25(35)28(33-16-31)32-13-20-8-10-21(11-9-20)27-19(3)34-17-40-27/h4-11,17-18,23,25-26,29,37-38H,12-15H2,1-3H3,(H,32,33)/t23-,25+,26+,29?/m1/s1. The Balaban J connectivity index is 1.33. The molecule has 0 aliphatic carbocycles. The summed E-state index contributed by atoms with van der Waals surface area (Å²) in [6, 6.07) is 14.6. The molecule has 4 atom stereocenters. The Morgan fingerprint density at radius 2 is 1.98 bits per heavy atom. The summed E-state index contributed by atoms with van der Waals surface area (Å²) in [5.41, 5.74) is 6.72. The number of rotatable bonds is 7. The Hall–Kier alpha value is -3.62. The molecule has 3 N–H and O–H groups in total. The molecule has 1 fully saturated rings. The number of aliphatic imine (C=N–C) groups is 1. The smallest absolute Gasteiger partial charge is 0.241 e. The van der Waals surface area contributed by atoms with E-state index < -0.39 is 24.4 Å². The normalized spacial score (nSPS) is 21.9. The third kappa shape index (κ3) is 5.51. The maximum absolute atomic E-state index is 14.1. The third-order valence-corrected chi connectivity index (χ3v) is 8.70. The van der Waals surface area contributed by atoms with Crippen molar-refractivity contribution in [1.29, 1.82) is 5.26 Å². The topological polar surface area (TPSA) is 125 Å². The van der Waals surface area contributed by atoms with Crippen molar-refractivity contribution in [2.24, 2.45) is 10.9 Å². The molecule has 2 aliphatic heterocycles. The molecule has 5 rings (SSSR count). The number of hydrogen-bond acceptors (Lipinski definition) is 8.